The Morgan fingerprint density at radius 1 is 1.24 bits per heavy atom. The third-order valence-corrected chi connectivity index (χ3v) is 8.29. The number of rotatable bonds is 7. The molecule has 0 unspecified atom stereocenters. The van der Waals surface area contributed by atoms with Gasteiger partial charge in [-0.1, -0.05) is 29.5 Å². The number of aromatic nitrogens is 1. The van der Waals surface area contributed by atoms with Gasteiger partial charge in [0.1, 0.15) is 27.5 Å². The van der Waals surface area contributed by atoms with E-state index in [1.807, 2.05) is 53.9 Å². The predicted molar refractivity (Wildman–Crippen MR) is 132 cm³/mol. The molecule has 0 atom stereocenters. The molecule has 9 heteroatoms. The van der Waals surface area contributed by atoms with Gasteiger partial charge in [-0.2, -0.15) is 4.57 Å². The molecule has 0 aliphatic carbocycles. The summed E-state index contributed by atoms with van der Waals surface area (Å²) >= 11 is 3.23. The minimum absolute atomic E-state index is 0.251. The highest BCUT2D eigenvalue weighted by Crippen LogP contribution is 2.38. The lowest BCUT2D eigenvalue weighted by Gasteiger charge is -2.15. The van der Waals surface area contributed by atoms with Crippen molar-refractivity contribution in [3.63, 3.8) is 0 Å². The van der Waals surface area contributed by atoms with E-state index in [9.17, 15) is 13.0 Å². The Hall–Kier alpha value is -2.72. The van der Waals surface area contributed by atoms with Crippen molar-refractivity contribution in [2.45, 2.75) is 13.0 Å². The number of benzene rings is 2. The molecule has 0 bridgehead atoms. The molecular weight excluding hydrogens is 478 g/mol. The van der Waals surface area contributed by atoms with E-state index in [0.717, 1.165) is 47.9 Å². The molecule has 4 aromatic rings. The van der Waals surface area contributed by atoms with Crippen LogP contribution < -0.4 is 14.0 Å². The molecule has 0 spiro atoms. The van der Waals surface area contributed by atoms with Crippen LogP contribution in [-0.4, -0.2) is 32.4 Å². The maximum atomic E-state index is 11.2. The fourth-order valence-electron chi connectivity index (χ4n) is 4.00. The van der Waals surface area contributed by atoms with Crippen molar-refractivity contribution in [2.24, 2.45) is 0 Å². The first-order valence-corrected chi connectivity index (χ1v) is 13.6. The molecule has 33 heavy (non-hydrogen) atoms. The van der Waals surface area contributed by atoms with Gasteiger partial charge in [0.2, 0.25) is 5.52 Å². The Labute approximate surface area is 199 Å². The van der Waals surface area contributed by atoms with Crippen LogP contribution in [0.2, 0.25) is 0 Å². The minimum atomic E-state index is -4.26. The lowest BCUT2D eigenvalue weighted by molar-refractivity contribution is -0.667. The number of fused-ring (bicyclic) bond motifs is 4. The van der Waals surface area contributed by atoms with Crippen molar-refractivity contribution in [1.29, 1.82) is 0 Å². The van der Waals surface area contributed by atoms with Crippen molar-refractivity contribution in [3.05, 3.63) is 64.0 Å². The van der Waals surface area contributed by atoms with Crippen LogP contribution in [-0.2, 0) is 16.7 Å². The number of hydrogen-bond acceptors (Lipinski definition) is 7. The Morgan fingerprint density at radius 3 is 2.91 bits per heavy atom. The van der Waals surface area contributed by atoms with Gasteiger partial charge in [-0.05, 0) is 35.2 Å². The summed E-state index contributed by atoms with van der Waals surface area (Å²) in [5.41, 5.74) is 3.12. The van der Waals surface area contributed by atoms with Crippen LogP contribution in [0.25, 0.3) is 32.5 Å². The van der Waals surface area contributed by atoms with E-state index in [1.165, 1.54) is 0 Å². The molecule has 2 aromatic heterocycles. The normalized spacial score (nSPS) is 13.9. The smallest absolute Gasteiger partial charge is 0.262 e. The molecule has 0 saturated carbocycles. The van der Waals surface area contributed by atoms with Crippen LogP contribution in [0.4, 0.5) is 0 Å². The van der Waals surface area contributed by atoms with Gasteiger partial charge < -0.3 is 14.0 Å². The number of methoxy groups -OCH3 is 1. The predicted octanol–water partition coefficient (Wildman–Crippen LogP) is 4.84. The van der Waals surface area contributed by atoms with Crippen molar-refractivity contribution in [2.75, 3.05) is 19.5 Å². The Morgan fingerprint density at radius 2 is 2.09 bits per heavy atom. The van der Waals surface area contributed by atoms with E-state index >= 15 is 0 Å². The number of thiazole rings is 1. The number of hydrogen-bond donors (Lipinski definition) is 0. The van der Waals surface area contributed by atoms with Gasteiger partial charge in [0.15, 0.2) is 6.54 Å². The average molecular weight is 500 g/mol. The lowest BCUT2D eigenvalue weighted by Crippen LogP contribution is -2.36. The van der Waals surface area contributed by atoms with Crippen molar-refractivity contribution in [1.82, 2.24) is 0 Å². The van der Waals surface area contributed by atoms with E-state index < -0.39 is 10.1 Å². The Kier molecular flexibility index (Phi) is 5.96. The second-order valence-electron chi connectivity index (χ2n) is 7.68. The first-order chi connectivity index (χ1) is 15.9. The maximum Gasteiger partial charge on any atom is 0.262 e. The highest BCUT2D eigenvalue weighted by molar-refractivity contribution is 7.85. The van der Waals surface area contributed by atoms with E-state index in [1.54, 1.807) is 29.8 Å². The fourth-order valence-corrected chi connectivity index (χ4v) is 6.64. The van der Waals surface area contributed by atoms with E-state index in [4.69, 9.17) is 9.47 Å². The second-order valence-corrected chi connectivity index (χ2v) is 11.2. The Balaban J connectivity index is 1.58. The number of para-hydroxylation sites is 1. The number of aryl methyl sites for hydroxylation is 1. The minimum Gasteiger partial charge on any atom is -0.748 e. The fraction of sp³-hybridized carbons (Fsp3) is 0.208. The van der Waals surface area contributed by atoms with E-state index in [-0.39, 0.29) is 12.2 Å². The van der Waals surface area contributed by atoms with Crippen LogP contribution >= 0.6 is 22.7 Å². The molecule has 5 rings (SSSR count). The van der Waals surface area contributed by atoms with Crippen LogP contribution in [0.3, 0.4) is 0 Å². The number of thiophene rings is 1. The molecule has 3 heterocycles. The molecule has 170 valence electrons. The SMILES string of the molecule is COc1cc2sc(/C=C\C3=Cc4ccccc4OC3)[n+](CCCS(=O)(=O)[O-])c2c2sccc12. The summed E-state index contributed by atoms with van der Waals surface area (Å²) in [5.74, 6) is 1.29. The highest BCUT2D eigenvalue weighted by atomic mass is 32.2. The van der Waals surface area contributed by atoms with Crippen LogP contribution in [0.15, 0.2) is 53.4 Å². The summed E-state index contributed by atoms with van der Waals surface area (Å²) in [6.07, 6.45) is 6.43. The molecule has 2 aromatic carbocycles. The van der Waals surface area contributed by atoms with Gasteiger partial charge in [0, 0.05) is 35.3 Å². The monoisotopic (exact) mass is 499 g/mol. The third-order valence-electron chi connectivity index (χ3n) is 5.48. The van der Waals surface area contributed by atoms with Crippen molar-refractivity contribution in [3.8, 4) is 11.5 Å². The number of nitrogens with zero attached hydrogens (tertiary/aromatic N) is 1. The van der Waals surface area contributed by atoms with Crippen molar-refractivity contribution < 1.29 is 27.0 Å². The molecule has 0 radical (unpaired) electrons. The Bertz CT molecular complexity index is 1510. The first-order valence-electron chi connectivity index (χ1n) is 10.4. The van der Waals surface area contributed by atoms with Crippen LogP contribution in [0, 0.1) is 0 Å². The molecule has 6 nitrogen and oxygen atoms in total. The maximum absolute atomic E-state index is 11.2. The summed E-state index contributed by atoms with van der Waals surface area (Å²) in [6.45, 7) is 0.911. The molecule has 1 aliphatic rings. The van der Waals surface area contributed by atoms with Gasteiger partial charge in [-0.25, -0.2) is 8.42 Å². The van der Waals surface area contributed by atoms with E-state index in [2.05, 4.69) is 10.6 Å². The summed E-state index contributed by atoms with van der Waals surface area (Å²) in [4.78, 5) is 0. The van der Waals surface area contributed by atoms with Gasteiger partial charge in [0.05, 0.1) is 17.2 Å². The van der Waals surface area contributed by atoms with Crippen LogP contribution in [0.5, 0.6) is 11.5 Å². The highest BCUT2D eigenvalue weighted by Gasteiger charge is 2.24. The standard InChI is InChI=1S/C24H21NO5S3/c1-29-20-14-21-23(24-18(20)9-11-31-24)25(10-4-12-33(26,27)28)22(32-21)8-7-16-13-17-5-2-3-6-19(17)30-15-16/h2-3,5-9,11,13-14H,4,10,12,15H2,1H3/b8-7-. The summed E-state index contributed by atoms with van der Waals surface area (Å²) in [5, 5.41) is 4.01. The topological polar surface area (TPSA) is 79.5 Å². The van der Waals surface area contributed by atoms with Crippen molar-refractivity contribution >= 4 is 65.2 Å². The summed E-state index contributed by atoms with van der Waals surface area (Å²) in [6, 6.07) is 12.0. The third kappa shape index (κ3) is 4.54. The largest absolute Gasteiger partial charge is 0.748 e. The van der Waals surface area contributed by atoms with Gasteiger partial charge in [0.25, 0.3) is 5.01 Å². The van der Waals surface area contributed by atoms with Crippen LogP contribution in [0.1, 0.15) is 17.0 Å². The van der Waals surface area contributed by atoms with Gasteiger partial charge >= 0.3 is 0 Å². The van der Waals surface area contributed by atoms with Gasteiger partial charge in [-0.3, -0.25) is 0 Å². The summed E-state index contributed by atoms with van der Waals surface area (Å²) in [7, 11) is -2.60. The van der Waals surface area contributed by atoms with Gasteiger partial charge in [-0.15, -0.1) is 11.3 Å². The zero-order valence-electron chi connectivity index (χ0n) is 17.8. The number of ether oxygens (including phenoxy) is 2. The van der Waals surface area contributed by atoms with E-state index in [0.29, 0.717) is 13.2 Å². The summed E-state index contributed by atoms with van der Waals surface area (Å²) < 4.78 is 49.2. The quantitative estimate of drug-likeness (QED) is 0.269. The zero-order valence-corrected chi connectivity index (χ0v) is 20.3. The molecule has 0 fully saturated rings. The molecule has 0 saturated heterocycles. The first kappa shape index (κ1) is 22.1. The average Bonchev–Trinajstić information content (AvgIpc) is 3.41. The zero-order chi connectivity index (χ0) is 23.0. The molecule has 0 N–H and O–H groups in total. The molecule has 0 amide bonds. The lowest BCUT2D eigenvalue weighted by atomic mass is 10.1. The molecule has 1 aliphatic heterocycles. The molecular formula is C24H21NO5S3. The second kappa shape index (κ2) is 8.90.